The number of aromatic nitrogens is 1. The molecular formula is C18H10BrN3O2S4. The van der Waals surface area contributed by atoms with Crippen molar-refractivity contribution in [1.29, 1.82) is 0 Å². The van der Waals surface area contributed by atoms with Gasteiger partial charge in [0.25, 0.3) is 11.8 Å². The van der Waals surface area contributed by atoms with Crippen LogP contribution in [-0.2, 0) is 4.79 Å². The third-order valence-corrected chi connectivity index (χ3v) is 7.23. The van der Waals surface area contributed by atoms with Crippen LogP contribution in [0.2, 0.25) is 0 Å². The van der Waals surface area contributed by atoms with Gasteiger partial charge in [-0.3, -0.25) is 14.9 Å². The lowest BCUT2D eigenvalue weighted by Gasteiger charge is -2.02. The first-order valence-corrected chi connectivity index (χ1v) is 11.6. The van der Waals surface area contributed by atoms with Gasteiger partial charge >= 0.3 is 0 Å². The fraction of sp³-hybridized carbons (Fsp3) is 0. The number of thiophene rings is 1. The first-order valence-electron chi connectivity index (χ1n) is 7.85. The van der Waals surface area contributed by atoms with Crippen molar-refractivity contribution in [2.45, 2.75) is 0 Å². The fourth-order valence-corrected chi connectivity index (χ4v) is 5.54. The minimum atomic E-state index is -0.235. The van der Waals surface area contributed by atoms with Gasteiger partial charge in [-0.2, -0.15) is 0 Å². The summed E-state index contributed by atoms with van der Waals surface area (Å²) in [7, 11) is 0. The number of carbonyl (C=O) groups is 2. The van der Waals surface area contributed by atoms with Crippen LogP contribution in [0.15, 0.2) is 50.5 Å². The number of benzene rings is 1. The van der Waals surface area contributed by atoms with E-state index >= 15 is 0 Å². The summed E-state index contributed by atoms with van der Waals surface area (Å²) in [6.07, 6.45) is 1.74. The van der Waals surface area contributed by atoms with Gasteiger partial charge in [-0.15, -0.1) is 22.7 Å². The molecule has 1 aromatic carbocycles. The number of amides is 2. The molecule has 3 heterocycles. The molecule has 2 aromatic heterocycles. The van der Waals surface area contributed by atoms with Crippen molar-refractivity contribution in [2.75, 3.05) is 5.32 Å². The second-order valence-electron chi connectivity index (χ2n) is 5.57. The van der Waals surface area contributed by atoms with E-state index in [9.17, 15) is 9.59 Å². The number of anilines is 1. The van der Waals surface area contributed by atoms with Crippen molar-refractivity contribution in [3.05, 3.63) is 61.6 Å². The van der Waals surface area contributed by atoms with E-state index in [1.165, 1.54) is 23.1 Å². The van der Waals surface area contributed by atoms with Gasteiger partial charge in [0.2, 0.25) is 0 Å². The Labute approximate surface area is 186 Å². The van der Waals surface area contributed by atoms with E-state index in [4.69, 9.17) is 12.2 Å². The third-order valence-electron chi connectivity index (χ3n) is 3.66. The van der Waals surface area contributed by atoms with Crippen LogP contribution in [-0.4, -0.2) is 21.1 Å². The van der Waals surface area contributed by atoms with E-state index in [0.717, 1.165) is 19.9 Å². The summed E-state index contributed by atoms with van der Waals surface area (Å²) in [5, 5.41) is 7.86. The van der Waals surface area contributed by atoms with Crippen LogP contribution in [0.5, 0.6) is 0 Å². The molecule has 28 heavy (non-hydrogen) atoms. The highest BCUT2D eigenvalue weighted by molar-refractivity contribution is 9.11. The molecule has 0 unspecified atom stereocenters. The predicted octanol–water partition coefficient (Wildman–Crippen LogP) is 5.38. The molecule has 0 aliphatic carbocycles. The monoisotopic (exact) mass is 507 g/mol. The van der Waals surface area contributed by atoms with Crippen molar-refractivity contribution < 1.29 is 9.59 Å². The summed E-state index contributed by atoms with van der Waals surface area (Å²) in [5.41, 5.74) is 2.17. The molecule has 1 fully saturated rings. The number of carbonyl (C=O) groups excluding carboxylic acids is 2. The third kappa shape index (κ3) is 4.41. The number of nitrogens with zero attached hydrogens (tertiary/aromatic N) is 1. The summed E-state index contributed by atoms with van der Waals surface area (Å²) in [6, 6.07) is 10.9. The molecule has 1 aliphatic heterocycles. The molecule has 4 rings (SSSR count). The molecule has 2 amide bonds. The molecule has 0 radical (unpaired) electrons. The average molecular weight is 508 g/mol. The highest BCUT2D eigenvalue weighted by Gasteiger charge is 2.21. The number of halogens is 1. The predicted molar refractivity (Wildman–Crippen MR) is 124 cm³/mol. The summed E-state index contributed by atoms with van der Waals surface area (Å²) in [5.74, 6) is -0.434. The van der Waals surface area contributed by atoms with E-state index in [1.807, 2.05) is 17.5 Å². The Hall–Kier alpha value is -1.85. The maximum atomic E-state index is 12.5. The quantitative estimate of drug-likeness (QED) is 0.366. The van der Waals surface area contributed by atoms with E-state index in [2.05, 4.69) is 31.5 Å². The van der Waals surface area contributed by atoms with E-state index in [1.54, 1.807) is 41.7 Å². The van der Waals surface area contributed by atoms with Crippen LogP contribution < -0.4 is 10.6 Å². The highest BCUT2D eigenvalue weighted by atomic mass is 79.9. The Balaban J connectivity index is 1.44. The number of thioether (sulfide) groups is 1. The summed E-state index contributed by atoms with van der Waals surface area (Å²) in [4.78, 5) is 30.2. The number of rotatable bonds is 4. The number of thiocarbonyl (C=S) groups is 1. The lowest BCUT2D eigenvalue weighted by atomic mass is 10.1. The zero-order chi connectivity index (χ0) is 19.7. The van der Waals surface area contributed by atoms with Gasteiger partial charge in [0.05, 0.1) is 19.3 Å². The molecule has 0 bridgehead atoms. The Bertz CT molecular complexity index is 1120. The maximum absolute atomic E-state index is 12.5. The zero-order valence-electron chi connectivity index (χ0n) is 13.9. The molecular weight excluding hydrogens is 498 g/mol. The van der Waals surface area contributed by atoms with Crippen molar-refractivity contribution in [2.24, 2.45) is 0 Å². The van der Waals surface area contributed by atoms with Crippen LogP contribution in [0.1, 0.15) is 15.9 Å². The van der Waals surface area contributed by atoms with Gasteiger partial charge in [-0.05, 0) is 51.8 Å². The fourth-order valence-electron chi connectivity index (χ4n) is 2.37. The molecule has 0 saturated carbocycles. The SMILES string of the molecule is O=C1NC(=S)S/C1=C\c1ccc(C(=O)Nc2nc(-c3ccc(Br)s3)cs2)cc1. The Morgan fingerprint density at radius 1 is 1.21 bits per heavy atom. The highest BCUT2D eigenvalue weighted by Crippen LogP contribution is 2.33. The molecule has 10 heteroatoms. The largest absolute Gasteiger partial charge is 0.307 e. The van der Waals surface area contributed by atoms with Gasteiger partial charge in [-0.1, -0.05) is 36.1 Å². The van der Waals surface area contributed by atoms with Crippen LogP contribution in [0.4, 0.5) is 5.13 Å². The lowest BCUT2D eigenvalue weighted by molar-refractivity contribution is -0.115. The molecule has 140 valence electrons. The van der Waals surface area contributed by atoms with Crippen molar-refractivity contribution in [1.82, 2.24) is 10.3 Å². The number of hydrogen-bond donors (Lipinski definition) is 2. The molecule has 2 N–H and O–H groups in total. The first kappa shape index (κ1) is 19.5. The minimum Gasteiger partial charge on any atom is -0.307 e. The second-order valence-corrected chi connectivity index (χ2v) is 10.6. The van der Waals surface area contributed by atoms with Gasteiger partial charge < -0.3 is 5.32 Å². The van der Waals surface area contributed by atoms with E-state index in [-0.39, 0.29) is 11.8 Å². The zero-order valence-corrected chi connectivity index (χ0v) is 18.7. The van der Waals surface area contributed by atoms with Gasteiger partial charge in [0.1, 0.15) is 4.32 Å². The second kappa shape index (κ2) is 8.26. The topological polar surface area (TPSA) is 71.1 Å². The van der Waals surface area contributed by atoms with Crippen molar-refractivity contribution in [3.8, 4) is 10.6 Å². The minimum absolute atomic E-state index is 0.200. The Kier molecular flexibility index (Phi) is 5.74. The molecule has 1 aliphatic rings. The Morgan fingerprint density at radius 3 is 2.64 bits per heavy atom. The van der Waals surface area contributed by atoms with Gasteiger partial charge in [0, 0.05) is 10.9 Å². The summed E-state index contributed by atoms with van der Waals surface area (Å²) < 4.78 is 1.48. The number of hydrogen-bond acceptors (Lipinski definition) is 7. The summed E-state index contributed by atoms with van der Waals surface area (Å²) >= 11 is 12.6. The van der Waals surface area contributed by atoms with E-state index < -0.39 is 0 Å². The van der Waals surface area contributed by atoms with Crippen LogP contribution in [0, 0.1) is 0 Å². The van der Waals surface area contributed by atoms with Crippen LogP contribution in [0.25, 0.3) is 16.6 Å². The molecule has 0 spiro atoms. The smallest absolute Gasteiger partial charge is 0.263 e. The molecule has 1 saturated heterocycles. The molecule has 0 atom stereocenters. The Morgan fingerprint density at radius 2 is 2.00 bits per heavy atom. The normalized spacial score (nSPS) is 15.1. The van der Waals surface area contributed by atoms with Gasteiger partial charge in [0.15, 0.2) is 5.13 Å². The lowest BCUT2D eigenvalue weighted by Crippen LogP contribution is -2.17. The van der Waals surface area contributed by atoms with Gasteiger partial charge in [-0.25, -0.2) is 4.98 Å². The first-order chi connectivity index (χ1) is 13.5. The van der Waals surface area contributed by atoms with Crippen molar-refractivity contribution in [3.63, 3.8) is 0 Å². The van der Waals surface area contributed by atoms with Crippen LogP contribution >= 0.6 is 62.6 Å². The number of nitrogens with one attached hydrogen (secondary N) is 2. The van der Waals surface area contributed by atoms with E-state index in [0.29, 0.717) is 19.9 Å². The maximum Gasteiger partial charge on any atom is 0.263 e. The van der Waals surface area contributed by atoms with Crippen LogP contribution in [0.3, 0.4) is 0 Å². The standard InChI is InChI=1S/C18H10BrN3O2S4/c19-14-6-5-12(27-14)11-8-26-17(20-11)21-15(23)10-3-1-9(2-4-10)7-13-16(24)22-18(25)28-13/h1-8H,(H,20,21,23)(H,22,24,25)/b13-7-. The average Bonchev–Trinajstić information content (AvgIpc) is 3.37. The number of thiazole rings is 1. The molecule has 5 nitrogen and oxygen atoms in total. The summed E-state index contributed by atoms with van der Waals surface area (Å²) in [6.45, 7) is 0. The molecule has 3 aromatic rings. The van der Waals surface area contributed by atoms with Crippen molar-refractivity contribution >= 4 is 89.9 Å².